The Balaban J connectivity index is 2.17. The van der Waals surface area contributed by atoms with Gasteiger partial charge >= 0.3 is 5.95 Å². The number of nitro groups is 1. The molecule has 15 heteroatoms. The van der Waals surface area contributed by atoms with Crippen molar-refractivity contribution in [1.29, 1.82) is 0 Å². The topological polar surface area (TPSA) is 128 Å². The summed E-state index contributed by atoms with van der Waals surface area (Å²) in [5.74, 6) is -9.71. The van der Waals surface area contributed by atoms with E-state index in [9.17, 15) is 32.5 Å². The second kappa shape index (κ2) is 7.51. The second-order valence-electron chi connectivity index (χ2n) is 4.61. The molecular formula is C11H6BrF4N7O3. The maximum atomic E-state index is 13.7. The zero-order chi connectivity index (χ0) is 19.6. The molecule has 1 N–H and O–H groups in total. The first kappa shape index (κ1) is 19.4. The van der Waals surface area contributed by atoms with Crippen LogP contribution in [0.25, 0.3) is 0 Å². The second-order valence-corrected chi connectivity index (χ2v) is 5.40. The molecule has 0 bridgehead atoms. The number of hydrogen-bond donors (Lipinski definition) is 1. The first-order valence-corrected chi connectivity index (χ1v) is 7.19. The Morgan fingerprint density at radius 3 is 2.35 bits per heavy atom. The lowest BCUT2D eigenvalue weighted by atomic mass is 10.1. The molecule has 138 valence electrons. The van der Waals surface area contributed by atoms with E-state index in [0.29, 0.717) is 0 Å². The van der Waals surface area contributed by atoms with Crippen molar-refractivity contribution >= 4 is 33.5 Å². The molecule has 0 spiro atoms. The van der Waals surface area contributed by atoms with E-state index in [2.05, 4.69) is 36.4 Å². The van der Waals surface area contributed by atoms with E-state index in [1.165, 1.54) is 6.92 Å². The van der Waals surface area contributed by atoms with Crippen molar-refractivity contribution in [1.82, 2.24) is 25.6 Å². The quantitative estimate of drug-likeness (QED) is 0.188. The molecule has 0 saturated heterocycles. The Morgan fingerprint density at radius 2 is 1.85 bits per heavy atom. The summed E-state index contributed by atoms with van der Waals surface area (Å²) in [6, 6.07) is 0. The van der Waals surface area contributed by atoms with Gasteiger partial charge in [0.15, 0.2) is 23.3 Å². The van der Waals surface area contributed by atoms with Gasteiger partial charge in [0.05, 0.1) is 20.4 Å². The van der Waals surface area contributed by atoms with Crippen LogP contribution >= 0.6 is 15.9 Å². The van der Waals surface area contributed by atoms with Crippen LogP contribution in [0.3, 0.4) is 0 Å². The van der Waals surface area contributed by atoms with E-state index >= 15 is 0 Å². The lowest BCUT2D eigenvalue weighted by molar-refractivity contribution is -0.394. The number of carbonyl (C=O) groups excluding carboxylic acids is 1. The minimum absolute atomic E-state index is 0.0320. The van der Waals surface area contributed by atoms with Crippen molar-refractivity contribution in [3.63, 3.8) is 0 Å². The fourth-order valence-electron chi connectivity index (χ4n) is 1.62. The molecule has 0 unspecified atom stereocenters. The molecule has 0 saturated carbocycles. The monoisotopic (exact) mass is 439 g/mol. The fraction of sp³-hybridized carbons (Fsp3) is 0.182. The summed E-state index contributed by atoms with van der Waals surface area (Å²) in [4.78, 5) is 22.1. The largest absolute Gasteiger partial charge is 0.514 e. The highest BCUT2D eigenvalue weighted by molar-refractivity contribution is 9.10. The number of aromatic nitrogens is 4. The normalized spacial score (nSPS) is 11.5. The van der Waals surface area contributed by atoms with Crippen LogP contribution in [0.5, 0.6) is 0 Å². The molecule has 1 aromatic carbocycles. The molecule has 0 fully saturated rings. The summed E-state index contributed by atoms with van der Waals surface area (Å²) in [5.41, 5.74) is 0.228. The maximum absolute atomic E-state index is 13.7. The molecule has 2 aromatic rings. The van der Waals surface area contributed by atoms with Gasteiger partial charge in [0.1, 0.15) is 12.1 Å². The molecular weight excluding hydrogens is 434 g/mol. The standard InChI is InChI=1S/C11H6BrF4N7O3/c1-3(2-22-20-11(19-21-22)23(25)26)17-18-10(24)4-6(13)8(15)5(12)9(16)7(4)14/h2H2,1H3,(H,18,24)/b17-3+. The maximum Gasteiger partial charge on any atom is 0.514 e. The van der Waals surface area contributed by atoms with Gasteiger partial charge in [0.2, 0.25) is 0 Å². The van der Waals surface area contributed by atoms with Crippen LogP contribution in [0.15, 0.2) is 9.57 Å². The lowest BCUT2D eigenvalue weighted by Gasteiger charge is -2.07. The minimum Gasteiger partial charge on any atom is -0.390 e. The first-order chi connectivity index (χ1) is 12.1. The number of carbonyl (C=O) groups is 1. The molecule has 1 amide bonds. The van der Waals surface area contributed by atoms with Gasteiger partial charge in [-0.05, 0) is 27.8 Å². The SMILES string of the molecule is C/C(Cn1nnc([N+](=O)[O-])n1)=N\NC(=O)c1c(F)c(F)c(Br)c(F)c1F. The van der Waals surface area contributed by atoms with Crippen LogP contribution in [0, 0.1) is 33.4 Å². The summed E-state index contributed by atoms with van der Waals surface area (Å²) in [6.45, 7) is 1.04. The summed E-state index contributed by atoms with van der Waals surface area (Å²) >= 11 is 2.32. The lowest BCUT2D eigenvalue weighted by Crippen LogP contribution is -2.24. The predicted molar refractivity (Wildman–Crippen MR) is 79.0 cm³/mol. The molecule has 26 heavy (non-hydrogen) atoms. The third-order valence-electron chi connectivity index (χ3n) is 2.76. The number of hydrogen-bond acceptors (Lipinski definition) is 7. The van der Waals surface area contributed by atoms with Crippen molar-refractivity contribution in [3.05, 3.63) is 43.4 Å². The van der Waals surface area contributed by atoms with Gasteiger partial charge in [0.25, 0.3) is 5.91 Å². The number of benzene rings is 1. The van der Waals surface area contributed by atoms with E-state index in [4.69, 9.17) is 0 Å². The summed E-state index contributed by atoms with van der Waals surface area (Å²) in [7, 11) is 0. The van der Waals surface area contributed by atoms with Crippen LogP contribution < -0.4 is 5.43 Å². The fourth-order valence-corrected chi connectivity index (χ4v) is 1.97. The smallest absolute Gasteiger partial charge is 0.390 e. The summed E-state index contributed by atoms with van der Waals surface area (Å²) in [5, 5.41) is 23.7. The Hall–Kier alpha value is -2.97. The van der Waals surface area contributed by atoms with Gasteiger partial charge in [0, 0.05) is 5.21 Å². The van der Waals surface area contributed by atoms with Gasteiger partial charge in [-0.3, -0.25) is 4.79 Å². The highest BCUT2D eigenvalue weighted by Crippen LogP contribution is 2.28. The van der Waals surface area contributed by atoms with Crippen molar-refractivity contribution in [2.24, 2.45) is 5.10 Å². The van der Waals surface area contributed by atoms with Crippen LogP contribution in [-0.4, -0.2) is 36.7 Å². The number of rotatable bonds is 5. The van der Waals surface area contributed by atoms with Gasteiger partial charge in [-0.1, -0.05) is 4.80 Å². The van der Waals surface area contributed by atoms with Crippen molar-refractivity contribution in [3.8, 4) is 0 Å². The average Bonchev–Trinajstić information content (AvgIpc) is 3.05. The van der Waals surface area contributed by atoms with Crippen LogP contribution in [0.1, 0.15) is 17.3 Å². The van der Waals surface area contributed by atoms with Gasteiger partial charge in [-0.25, -0.2) is 23.0 Å². The molecule has 0 radical (unpaired) electrons. The van der Waals surface area contributed by atoms with E-state index in [1.807, 2.05) is 0 Å². The minimum atomic E-state index is -1.91. The van der Waals surface area contributed by atoms with E-state index in [0.717, 1.165) is 4.80 Å². The molecule has 0 aliphatic carbocycles. The molecule has 1 heterocycles. The van der Waals surface area contributed by atoms with Gasteiger partial charge in [-0.15, -0.1) is 0 Å². The van der Waals surface area contributed by atoms with Crippen molar-refractivity contribution < 1.29 is 27.3 Å². The molecule has 0 aliphatic rings. The van der Waals surface area contributed by atoms with Crippen LogP contribution in [-0.2, 0) is 6.54 Å². The Bertz CT molecular complexity index is 904. The Morgan fingerprint density at radius 1 is 1.27 bits per heavy atom. The number of nitrogens with one attached hydrogen (secondary N) is 1. The Labute approximate surface area is 149 Å². The van der Waals surface area contributed by atoms with Crippen molar-refractivity contribution in [2.75, 3.05) is 0 Å². The molecule has 2 rings (SSSR count). The zero-order valence-electron chi connectivity index (χ0n) is 12.5. The highest BCUT2D eigenvalue weighted by Gasteiger charge is 2.28. The van der Waals surface area contributed by atoms with Crippen molar-refractivity contribution in [2.45, 2.75) is 13.5 Å². The zero-order valence-corrected chi connectivity index (χ0v) is 14.1. The molecule has 0 atom stereocenters. The summed E-state index contributed by atoms with van der Waals surface area (Å²) < 4.78 is 53.1. The predicted octanol–water partition coefficient (Wildman–Crippen LogP) is 1.71. The third kappa shape index (κ3) is 3.81. The highest BCUT2D eigenvalue weighted by atomic mass is 79.9. The van der Waals surface area contributed by atoms with E-state index < -0.39 is 50.1 Å². The number of tetrazole rings is 1. The Kier molecular flexibility index (Phi) is 5.59. The van der Waals surface area contributed by atoms with E-state index in [1.54, 1.807) is 5.43 Å². The van der Waals surface area contributed by atoms with Crippen LogP contribution in [0.4, 0.5) is 23.5 Å². The molecule has 0 aliphatic heterocycles. The first-order valence-electron chi connectivity index (χ1n) is 6.40. The third-order valence-corrected chi connectivity index (χ3v) is 3.46. The number of amides is 1. The van der Waals surface area contributed by atoms with Crippen LogP contribution in [0.2, 0.25) is 0 Å². The average molecular weight is 440 g/mol. The molecule has 1 aromatic heterocycles. The van der Waals surface area contributed by atoms with Gasteiger partial charge < -0.3 is 10.1 Å². The number of nitrogens with zero attached hydrogens (tertiary/aromatic N) is 6. The molecule has 10 nitrogen and oxygen atoms in total. The van der Waals surface area contributed by atoms with Gasteiger partial charge in [-0.2, -0.15) is 5.10 Å². The number of halogens is 5. The number of hydrazone groups is 1. The van der Waals surface area contributed by atoms with E-state index in [-0.39, 0.29) is 12.3 Å². The summed E-state index contributed by atoms with van der Waals surface area (Å²) in [6.07, 6.45) is 0.